The SMILES string of the molecule is CCCC(C)(C)NC1c2ccccc2-c2ccccc21. The lowest BCUT2D eigenvalue weighted by Crippen LogP contribution is -2.41. The fraction of sp³-hybridized carbons (Fsp3) is 0.368. The largest absolute Gasteiger partial charge is 0.301 e. The lowest BCUT2D eigenvalue weighted by molar-refractivity contribution is 0.335. The van der Waals surface area contributed by atoms with E-state index in [1.165, 1.54) is 35.1 Å². The van der Waals surface area contributed by atoms with Crippen molar-refractivity contribution in [3.8, 4) is 11.1 Å². The van der Waals surface area contributed by atoms with Crippen molar-refractivity contribution in [1.82, 2.24) is 5.32 Å². The van der Waals surface area contributed by atoms with Crippen molar-refractivity contribution in [3.63, 3.8) is 0 Å². The van der Waals surface area contributed by atoms with Crippen molar-refractivity contribution in [1.29, 1.82) is 0 Å². The Morgan fingerprint density at radius 3 is 1.90 bits per heavy atom. The first kappa shape index (κ1) is 13.4. The van der Waals surface area contributed by atoms with Gasteiger partial charge in [0.2, 0.25) is 0 Å². The van der Waals surface area contributed by atoms with E-state index < -0.39 is 0 Å². The summed E-state index contributed by atoms with van der Waals surface area (Å²) in [5, 5.41) is 3.87. The van der Waals surface area contributed by atoms with E-state index in [4.69, 9.17) is 0 Å². The van der Waals surface area contributed by atoms with Gasteiger partial charge in [-0.05, 0) is 42.5 Å². The smallest absolute Gasteiger partial charge is 0.0593 e. The minimum atomic E-state index is 0.157. The first-order valence-electron chi connectivity index (χ1n) is 7.58. The summed E-state index contributed by atoms with van der Waals surface area (Å²) < 4.78 is 0. The summed E-state index contributed by atoms with van der Waals surface area (Å²) in [5.74, 6) is 0. The summed E-state index contributed by atoms with van der Waals surface area (Å²) in [6.07, 6.45) is 2.39. The summed E-state index contributed by atoms with van der Waals surface area (Å²) in [7, 11) is 0. The lowest BCUT2D eigenvalue weighted by Gasteiger charge is -2.31. The van der Waals surface area contributed by atoms with Gasteiger partial charge in [-0.3, -0.25) is 0 Å². The number of nitrogens with one attached hydrogen (secondary N) is 1. The Morgan fingerprint density at radius 1 is 0.900 bits per heavy atom. The molecule has 0 heterocycles. The Hall–Kier alpha value is -1.60. The van der Waals surface area contributed by atoms with Crippen molar-refractivity contribution in [3.05, 3.63) is 59.7 Å². The van der Waals surface area contributed by atoms with Crippen LogP contribution in [0.25, 0.3) is 11.1 Å². The highest BCUT2D eigenvalue weighted by atomic mass is 15.0. The molecule has 0 saturated heterocycles. The quantitative estimate of drug-likeness (QED) is 0.827. The van der Waals surface area contributed by atoms with E-state index in [0.717, 1.165) is 0 Å². The Morgan fingerprint density at radius 2 is 1.40 bits per heavy atom. The van der Waals surface area contributed by atoms with Gasteiger partial charge < -0.3 is 5.32 Å². The fourth-order valence-corrected chi connectivity index (χ4v) is 3.40. The van der Waals surface area contributed by atoms with Crippen LogP contribution in [0.4, 0.5) is 0 Å². The third-order valence-corrected chi connectivity index (χ3v) is 4.24. The van der Waals surface area contributed by atoms with Crippen molar-refractivity contribution >= 4 is 0 Å². The second kappa shape index (κ2) is 5.06. The van der Waals surface area contributed by atoms with Crippen molar-refractivity contribution in [2.24, 2.45) is 0 Å². The van der Waals surface area contributed by atoms with Gasteiger partial charge in [0.25, 0.3) is 0 Å². The van der Waals surface area contributed by atoms with Crippen LogP contribution in [0.2, 0.25) is 0 Å². The van der Waals surface area contributed by atoms with Gasteiger partial charge in [-0.25, -0.2) is 0 Å². The first-order chi connectivity index (χ1) is 9.62. The Kier molecular flexibility index (Phi) is 3.39. The maximum absolute atomic E-state index is 3.87. The Balaban J connectivity index is 2.03. The first-order valence-corrected chi connectivity index (χ1v) is 7.58. The molecule has 0 radical (unpaired) electrons. The zero-order valence-corrected chi connectivity index (χ0v) is 12.6. The average molecular weight is 265 g/mol. The molecule has 1 heteroatoms. The molecular weight excluding hydrogens is 242 g/mol. The third kappa shape index (κ3) is 2.27. The highest BCUT2D eigenvalue weighted by Gasteiger charge is 2.31. The minimum Gasteiger partial charge on any atom is -0.301 e. The van der Waals surface area contributed by atoms with Gasteiger partial charge in [0.05, 0.1) is 6.04 Å². The molecule has 1 aliphatic rings. The summed E-state index contributed by atoms with van der Waals surface area (Å²) in [5.41, 5.74) is 5.75. The van der Waals surface area contributed by atoms with Gasteiger partial charge in [-0.1, -0.05) is 61.9 Å². The molecule has 0 fully saturated rings. The topological polar surface area (TPSA) is 12.0 Å². The number of rotatable bonds is 4. The highest BCUT2D eigenvalue weighted by molar-refractivity contribution is 5.78. The fourth-order valence-electron chi connectivity index (χ4n) is 3.40. The summed E-state index contributed by atoms with van der Waals surface area (Å²) >= 11 is 0. The summed E-state index contributed by atoms with van der Waals surface area (Å²) in [4.78, 5) is 0. The minimum absolute atomic E-state index is 0.157. The normalized spacial score (nSPS) is 14.2. The van der Waals surface area contributed by atoms with E-state index in [9.17, 15) is 0 Å². The van der Waals surface area contributed by atoms with Crippen LogP contribution < -0.4 is 5.32 Å². The van der Waals surface area contributed by atoms with Crippen LogP contribution in [0.3, 0.4) is 0 Å². The van der Waals surface area contributed by atoms with Gasteiger partial charge in [0.1, 0.15) is 0 Å². The second-order valence-corrected chi connectivity index (χ2v) is 6.39. The zero-order valence-electron chi connectivity index (χ0n) is 12.6. The Labute approximate surface area is 122 Å². The number of hydrogen-bond acceptors (Lipinski definition) is 1. The molecule has 0 bridgehead atoms. The van der Waals surface area contributed by atoms with Crippen LogP contribution in [0.5, 0.6) is 0 Å². The molecule has 0 saturated carbocycles. The summed E-state index contributed by atoms with van der Waals surface area (Å²) in [6, 6.07) is 17.9. The van der Waals surface area contributed by atoms with E-state index in [-0.39, 0.29) is 5.54 Å². The molecule has 0 atom stereocenters. The van der Waals surface area contributed by atoms with Crippen LogP contribution in [0.1, 0.15) is 50.8 Å². The van der Waals surface area contributed by atoms with E-state index in [1.54, 1.807) is 0 Å². The molecule has 104 valence electrons. The molecule has 2 aromatic carbocycles. The maximum Gasteiger partial charge on any atom is 0.0593 e. The van der Waals surface area contributed by atoms with Gasteiger partial charge in [0, 0.05) is 5.54 Å². The molecule has 0 unspecified atom stereocenters. The van der Waals surface area contributed by atoms with Gasteiger partial charge in [0.15, 0.2) is 0 Å². The molecule has 0 aromatic heterocycles. The standard InChI is InChI=1S/C19H23N/c1-4-13-19(2,3)20-18-16-11-7-5-9-14(16)15-10-6-8-12-17(15)18/h5-12,18,20H,4,13H2,1-3H3. The molecule has 0 spiro atoms. The van der Waals surface area contributed by atoms with Gasteiger partial charge in [-0.15, -0.1) is 0 Å². The zero-order chi connectivity index (χ0) is 14.2. The lowest BCUT2D eigenvalue weighted by atomic mass is 9.95. The molecule has 0 aliphatic heterocycles. The number of fused-ring (bicyclic) bond motifs is 3. The molecule has 20 heavy (non-hydrogen) atoms. The number of hydrogen-bond donors (Lipinski definition) is 1. The molecule has 1 N–H and O–H groups in total. The predicted octanol–water partition coefficient (Wildman–Crippen LogP) is 4.92. The van der Waals surface area contributed by atoms with Crippen molar-refractivity contribution < 1.29 is 0 Å². The monoisotopic (exact) mass is 265 g/mol. The van der Waals surface area contributed by atoms with Gasteiger partial charge >= 0.3 is 0 Å². The van der Waals surface area contributed by atoms with E-state index in [2.05, 4.69) is 74.6 Å². The Bertz CT molecular complexity index is 567. The number of benzene rings is 2. The maximum atomic E-state index is 3.87. The third-order valence-electron chi connectivity index (χ3n) is 4.24. The molecule has 1 aliphatic carbocycles. The molecule has 3 rings (SSSR count). The summed E-state index contributed by atoms with van der Waals surface area (Å²) in [6.45, 7) is 6.86. The molecule has 0 amide bonds. The van der Waals surface area contributed by atoms with Crippen LogP contribution in [0.15, 0.2) is 48.5 Å². The molecule has 2 aromatic rings. The van der Waals surface area contributed by atoms with E-state index in [1.807, 2.05) is 0 Å². The second-order valence-electron chi connectivity index (χ2n) is 6.39. The highest BCUT2D eigenvalue weighted by Crippen LogP contribution is 2.44. The van der Waals surface area contributed by atoms with Crippen molar-refractivity contribution in [2.45, 2.75) is 45.2 Å². The average Bonchev–Trinajstić information content (AvgIpc) is 2.74. The predicted molar refractivity (Wildman–Crippen MR) is 85.8 cm³/mol. The van der Waals surface area contributed by atoms with Gasteiger partial charge in [-0.2, -0.15) is 0 Å². The van der Waals surface area contributed by atoms with E-state index >= 15 is 0 Å². The van der Waals surface area contributed by atoms with Crippen LogP contribution in [-0.2, 0) is 0 Å². The van der Waals surface area contributed by atoms with E-state index in [0.29, 0.717) is 6.04 Å². The van der Waals surface area contributed by atoms with Crippen molar-refractivity contribution in [2.75, 3.05) is 0 Å². The van der Waals surface area contributed by atoms with Crippen LogP contribution in [0, 0.1) is 0 Å². The van der Waals surface area contributed by atoms with Crippen LogP contribution in [-0.4, -0.2) is 5.54 Å². The molecule has 1 nitrogen and oxygen atoms in total. The van der Waals surface area contributed by atoms with Crippen LogP contribution >= 0.6 is 0 Å². The molecular formula is C19H23N.